The Labute approximate surface area is 83.9 Å². The van der Waals surface area contributed by atoms with E-state index in [1.807, 2.05) is 0 Å². The Morgan fingerprint density at radius 3 is 2.27 bits per heavy atom. The number of benzene rings is 1. The van der Waals surface area contributed by atoms with Gasteiger partial charge in [-0.1, -0.05) is 0 Å². The molecule has 6 heteroatoms. The maximum absolute atomic E-state index is 12.9. The van der Waals surface area contributed by atoms with Gasteiger partial charge in [0.05, 0.1) is 0 Å². The molecule has 0 unspecified atom stereocenters. The van der Waals surface area contributed by atoms with Gasteiger partial charge >= 0.3 is 6.18 Å². The summed E-state index contributed by atoms with van der Waals surface area (Å²) in [6.07, 6.45) is -4.63. The molecule has 1 rings (SSSR count). The maximum atomic E-state index is 12.9. The zero-order valence-corrected chi connectivity index (χ0v) is 7.90. The molecule has 84 valence electrons. The highest BCUT2D eigenvalue weighted by atomic mass is 19.4. The molecule has 0 aliphatic heterocycles. The van der Waals surface area contributed by atoms with Crippen LogP contribution in [0.25, 0.3) is 0 Å². The Hall–Kier alpha value is -1.30. The van der Waals surface area contributed by atoms with Gasteiger partial charge in [0.25, 0.3) is 0 Å². The summed E-state index contributed by atoms with van der Waals surface area (Å²) in [6, 6.07) is -0.491. The SMILES string of the molecule is Cc1cc(F)cc([C@H](N)C(F)(F)F)c1N. The Balaban J connectivity index is 3.25. The molecule has 0 aromatic heterocycles. The molecule has 0 amide bonds. The van der Waals surface area contributed by atoms with Gasteiger partial charge in [-0.25, -0.2) is 4.39 Å². The predicted molar refractivity (Wildman–Crippen MR) is 48.5 cm³/mol. The molecule has 15 heavy (non-hydrogen) atoms. The zero-order chi connectivity index (χ0) is 11.8. The van der Waals surface area contributed by atoms with Gasteiger partial charge in [-0.2, -0.15) is 13.2 Å². The molecule has 0 radical (unpaired) electrons. The zero-order valence-electron chi connectivity index (χ0n) is 7.90. The minimum Gasteiger partial charge on any atom is -0.398 e. The van der Waals surface area contributed by atoms with Crippen LogP contribution in [0.15, 0.2) is 12.1 Å². The second-order valence-corrected chi connectivity index (χ2v) is 3.24. The number of rotatable bonds is 1. The first-order chi connectivity index (χ1) is 6.73. The van der Waals surface area contributed by atoms with Crippen LogP contribution in [0.2, 0.25) is 0 Å². The molecule has 2 nitrogen and oxygen atoms in total. The molecule has 1 atom stereocenters. The fourth-order valence-electron chi connectivity index (χ4n) is 1.21. The summed E-state index contributed by atoms with van der Waals surface area (Å²) >= 11 is 0. The average molecular weight is 222 g/mol. The van der Waals surface area contributed by atoms with Gasteiger partial charge in [-0.3, -0.25) is 0 Å². The largest absolute Gasteiger partial charge is 0.407 e. The van der Waals surface area contributed by atoms with E-state index in [2.05, 4.69) is 0 Å². The number of nitrogens with two attached hydrogens (primary N) is 2. The molecule has 0 saturated heterocycles. The molecule has 1 aromatic carbocycles. The molecule has 0 aliphatic carbocycles. The van der Waals surface area contributed by atoms with E-state index in [1.54, 1.807) is 0 Å². The van der Waals surface area contributed by atoms with E-state index in [0.29, 0.717) is 6.07 Å². The van der Waals surface area contributed by atoms with Gasteiger partial charge in [-0.15, -0.1) is 0 Å². The molecule has 0 heterocycles. The minimum absolute atomic E-state index is 0.124. The molecule has 4 N–H and O–H groups in total. The summed E-state index contributed by atoms with van der Waals surface area (Å²) in [7, 11) is 0. The van der Waals surface area contributed by atoms with Crippen molar-refractivity contribution in [2.45, 2.75) is 19.1 Å². The minimum atomic E-state index is -4.63. The van der Waals surface area contributed by atoms with Crippen molar-refractivity contribution in [3.8, 4) is 0 Å². The van der Waals surface area contributed by atoms with Crippen LogP contribution in [0, 0.1) is 12.7 Å². The third-order valence-corrected chi connectivity index (χ3v) is 2.07. The van der Waals surface area contributed by atoms with Crippen LogP contribution in [-0.4, -0.2) is 6.18 Å². The van der Waals surface area contributed by atoms with E-state index >= 15 is 0 Å². The second-order valence-electron chi connectivity index (χ2n) is 3.24. The molecular weight excluding hydrogens is 212 g/mol. The number of halogens is 4. The fraction of sp³-hybridized carbons (Fsp3) is 0.333. The second kappa shape index (κ2) is 3.69. The fourth-order valence-corrected chi connectivity index (χ4v) is 1.21. The van der Waals surface area contributed by atoms with E-state index in [4.69, 9.17) is 11.5 Å². The Morgan fingerprint density at radius 1 is 1.27 bits per heavy atom. The Morgan fingerprint density at radius 2 is 1.80 bits per heavy atom. The van der Waals surface area contributed by atoms with Crippen molar-refractivity contribution in [1.82, 2.24) is 0 Å². The number of alkyl halides is 3. The highest BCUT2D eigenvalue weighted by Gasteiger charge is 2.39. The normalized spacial score (nSPS) is 14.0. The van der Waals surface area contributed by atoms with Gasteiger partial charge < -0.3 is 11.5 Å². The standard InChI is InChI=1S/C9H10F4N2/c1-4-2-5(10)3-6(7(4)14)8(15)9(11,12)13/h2-3,8H,14-15H2,1H3/t8-/m0/s1. The molecule has 0 fully saturated rings. The first kappa shape index (κ1) is 11.8. The molecule has 1 aromatic rings. The van der Waals surface area contributed by atoms with Crippen molar-refractivity contribution in [3.63, 3.8) is 0 Å². The first-order valence-electron chi connectivity index (χ1n) is 4.11. The van der Waals surface area contributed by atoms with Crippen LogP contribution in [0.5, 0.6) is 0 Å². The Kier molecular flexibility index (Phi) is 2.90. The average Bonchev–Trinajstić information content (AvgIpc) is 2.08. The number of hydrogen-bond acceptors (Lipinski definition) is 2. The highest BCUT2D eigenvalue weighted by Crippen LogP contribution is 2.34. The first-order valence-corrected chi connectivity index (χ1v) is 4.11. The summed E-state index contributed by atoms with van der Waals surface area (Å²) < 4.78 is 49.7. The molecule has 0 saturated carbocycles. The summed E-state index contributed by atoms with van der Waals surface area (Å²) in [6.45, 7) is 1.42. The van der Waals surface area contributed by atoms with E-state index in [9.17, 15) is 17.6 Å². The van der Waals surface area contributed by atoms with Crippen molar-refractivity contribution in [2.75, 3.05) is 5.73 Å². The Bertz CT molecular complexity index is 373. The number of nitrogen functional groups attached to an aromatic ring is 1. The number of anilines is 1. The third kappa shape index (κ3) is 2.38. The van der Waals surface area contributed by atoms with Crippen molar-refractivity contribution in [3.05, 3.63) is 29.1 Å². The third-order valence-electron chi connectivity index (χ3n) is 2.07. The van der Waals surface area contributed by atoms with Crippen molar-refractivity contribution < 1.29 is 17.6 Å². The van der Waals surface area contributed by atoms with Crippen LogP contribution < -0.4 is 11.5 Å². The lowest BCUT2D eigenvalue weighted by Crippen LogP contribution is -2.29. The van der Waals surface area contributed by atoms with E-state index in [0.717, 1.165) is 6.07 Å². The summed E-state index contributed by atoms with van der Waals surface area (Å²) in [5.74, 6) is -0.781. The van der Waals surface area contributed by atoms with Crippen LogP contribution >= 0.6 is 0 Å². The molecular formula is C9H10F4N2. The van der Waals surface area contributed by atoms with Gasteiger partial charge in [0, 0.05) is 11.3 Å². The summed E-state index contributed by atoms with van der Waals surface area (Å²) in [4.78, 5) is 0. The van der Waals surface area contributed by atoms with Crippen molar-refractivity contribution in [1.29, 1.82) is 0 Å². The lowest BCUT2D eigenvalue weighted by Gasteiger charge is -2.18. The lowest BCUT2D eigenvalue weighted by molar-refractivity contribution is -0.149. The topological polar surface area (TPSA) is 52.0 Å². The molecule has 0 aliphatic rings. The number of hydrogen-bond donors (Lipinski definition) is 2. The van der Waals surface area contributed by atoms with E-state index in [1.165, 1.54) is 6.92 Å². The van der Waals surface area contributed by atoms with Gasteiger partial charge in [-0.05, 0) is 24.6 Å². The van der Waals surface area contributed by atoms with Gasteiger partial charge in [0.2, 0.25) is 0 Å². The van der Waals surface area contributed by atoms with Crippen molar-refractivity contribution >= 4 is 5.69 Å². The quantitative estimate of drug-likeness (QED) is 0.565. The van der Waals surface area contributed by atoms with Gasteiger partial charge in [0.15, 0.2) is 0 Å². The highest BCUT2D eigenvalue weighted by molar-refractivity contribution is 5.55. The van der Waals surface area contributed by atoms with Crippen molar-refractivity contribution in [2.24, 2.45) is 5.73 Å². The summed E-state index contributed by atoms with van der Waals surface area (Å²) in [5, 5.41) is 0. The maximum Gasteiger partial charge on any atom is 0.407 e. The van der Waals surface area contributed by atoms with Crippen LogP contribution in [0.1, 0.15) is 17.2 Å². The van der Waals surface area contributed by atoms with E-state index < -0.39 is 23.6 Å². The monoisotopic (exact) mass is 222 g/mol. The number of aryl methyl sites for hydroxylation is 1. The predicted octanol–water partition coefficient (Wildman–Crippen LogP) is 2.28. The van der Waals surface area contributed by atoms with Gasteiger partial charge in [0.1, 0.15) is 11.9 Å². The smallest absolute Gasteiger partial charge is 0.398 e. The van der Waals surface area contributed by atoms with Crippen LogP contribution in [0.3, 0.4) is 0 Å². The lowest BCUT2D eigenvalue weighted by atomic mass is 10.0. The molecule has 0 bridgehead atoms. The summed E-state index contributed by atoms with van der Waals surface area (Å²) in [5.41, 5.74) is 10.0. The van der Waals surface area contributed by atoms with Crippen LogP contribution in [-0.2, 0) is 0 Å². The van der Waals surface area contributed by atoms with E-state index in [-0.39, 0.29) is 11.3 Å². The molecule has 0 spiro atoms. The van der Waals surface area contributed by atoms with Crippen LogP contribution in [0.4, 0.5) is 23.2 Å².